The standard InChI is InChI=1S/C29H37NO6/c1-8-23(26(31)33-7)24-17-21(14-15-25(24)34-18-20-12-10-9-11-13-20)16-22-19-35-29(5,6)30(22)27(32)36-28(2,3)4/h8-15,17,22H,16,18-19H2,1-7H3/b23-8-/t22-/m0/s1. The maximum Gasteiger partial charge on any atom is 0.412 e. The van der Waals surface area contributed by atoms with Gasteiger partial charge in [0.2, 0.25) is 0 Å². The predicted octanol–water partition coefficient (Wildman–Crippen LogP) is 5.76. The average Bonchev–Trinajstić information content (AvgIpc) is 3.12. The van der Waals surface area contributed by atoms with Crippen LogP contribution in [0.3, 0.4) is 0 Å². The largest absolute Gasteiger partial charge is 0.488 e. The zero-order chi connectivity index (χ0) is 26.5. The van der Waals surface area contributed by atoms with Crippen LogP contribution in [-0.4, -0.2) is 48.0 Å². The Balaban J connectivity index is 1.90. The van der Waals surface area contributed by atoms with Gasteiger partial charge in [-0.15, -0.1) is 0 Å². The van der Waals surface area contributed by atoms with Crippen LogP contribution in [0.1, 0.15) is 58.2 Å². The summed E-state index contributed by atoms with van der Waals surface area (Å²) in [5, 5.41) is 0. The number of ether oxygens (including phenoxy) is 4. The minimum Gasteiger partial charge on any atom is -0.488 e. The summed E-state index contributed by atoms with van der Waals surface area (Å²) in [5.74, 6) is 0.132. The van der Waals surface area contributed by atoms with E-state index in [0.717, 1.165) is 11.1 Å². The van der Waals surface area contributed by atoms with Gasteiger partial charge in [0, 0.05) is 5.56 Å². The maximum absolute atomic E-state index is 13.0. The van der Waals surface area contributed by atoms with Gasteiger partial charge in [-0.3, -0.25) is 4.90 Å². The number of methoxy groups -OCH3 is 1. The molecule has 0 radical (unpaired) electrons. The first-order valence-corrected chi connectivity index (χ1v) is 12.2. The Morgan fingerprint density at radius 1 is 1.11 bits per heavy atom. The third kappa shape index (κ3) is 6.66. The van der Waals surface area contributed by atoms with Gasteiger partial charge in [-0.1, -0.05) is 42.5 Å². The minimum atomic E-state index is -0.797. The zero-order valence-electron chi connectivity index (χ0n) is 22.3. The number of esters is 1. The smallest absolute Gasteiger partial charge is 0.412 e. The van der Waals surface area contributed by atoms with Gasteiger partial charge < -0.3 is 18.9 Å². The number of allylic oxidation sites excluding steroid dienone is 1. The van der Waals surface area contributed by atoms with Crippen LogP contribution in [-0.2, 0) is 32.0 Å². The summed E-state index contributed by atoms with van der Waals surface area (Å²) in [6.45, 7) is 11.8. The van der Waals surface area contributed by atoms with Crippen LogP contribution in [0.2, 0.25) is 0 Å². The number of rotatable bonds is 7. The molecular formula is C29H37NO6. The van der Waals surface area contributed by atoms with E-state index in [1.54, 1.807) is 17.9 Å². The number of amides is 1. The predicted molar refractivity (Wildman–Crippen MR) is 138 cm³/mol. The molecule has 7 heteroatoms. The summed E-state index contributed by atoms with van der Waals surface area (Å²) in [6, 6.07) is 15.3. The number of nitrogens with zero attached hydrogens (tertiary/aromatic N) is 1. The third-order valence-corrected chi connectivity index (χ3v) is 5.90. The molecule has 0 unspecified atom stereocenters. The lowest BCUT2D eigenvalue weighted by atomic mass is 9.97. The Kier molecular flexibility index (Phi) is 8.46. The highest BCUT2D eigenvalue weighted by Gasteiger charge is 2.45. The molecule has 7 nitrogen and oxygen atoms in total. The van der Waals surface area contributed by atoms with Gasteiger partial charge in [-0.05, 0) is 71.2 Å². The van der Waals surface area contributed by atoms with E-state index < -0.39 is 23.4 Å². The second-order valence-corrected chi connectivity index (χ2v) is 10.3. The highest BCUT2D eigenvalue weighted by molar-refractivity contribution is 6.17. The first-order valence-electron chi connectivity index (χ1n) is 12.2. The van der Waals surface area contributed by atoms with Crippen molar-refractivity contribution in [2.75, 3.05) is 13.7 Å². The summed E-state index contributed by atoms with van der Waals surface area (Å²) >= 11 is 0. The molecule has 1 saturated heterocycles. The van der Waals surface area contributed by atoms with Crippen LogP contribution in [0.4, 0.5) is 4.79 Å². The molecule has 1 amide bonds. The fourth-order valence-corrected chi connectivity index (χ4v) is 4.26. The molecule has 3 rings (SSSR count). The van der Waals surface area contributed by atoms with Gasteiger partial charge in [0.25, 0.3) is 0 Å². The summed E-state index contributed by atoms with van der Waals surface area (Å²) < 4.78 is 22.7. The van der Waals surface area contributed by atoms with Crippen LogP contribution in [0.15, 0.2) is 54.6 Å². The summed E-state index contributed by atoms with van der Waals surface area (Å²) in [4.78, 5) is 27.2. The van der Waals surface area contributed by atoms with Gasteiger partial charge in [0.05, 0.1) is 25.3 Å². The molecule has 2 aromatic rings. The monoisotopic (exact) mass is 495 g/mol. The van der Waals surface area contributed by atoms with Crippen LogP contribution < -0.4 is 4.74 Å². The summed E-state index contributed by atoms with van der Waals surface area (Å²) in [7, 11) is 1.36. The first kappa shape index (κ1) is 27.3. The molecule has 1 atom stereocenters. The van der Waals surface area contributed by atoms with Gasteiger partial charge in [0.1, 0.15) is 23.7 Å². The van der Waals surface area contributed by atoms with E-state index >= 15 is 0 Å². The Bertz CT molecular complexity index is 1100. The van der Waals surface area contributed by atoms with E-state index in [1.807, 2.05) is 83.1 Å². The van der Waals surface area contributed by atoms with E-state index in [-0.39, 0.29) is 6.04 Å². The Labute approximate surface area is 214 Å². The van der Waals surface area contributed by atoms with Crippen molar-refractivity contribution in [2.45, 2.75) is 71.9 Å². The first-order chi connectivity index (χ1) is 16.9. The molecule has 0 spiro atoms. The Morgan fingerprint density at radius 2 is 1.81 bits per heavy atom. The molecule has 0 N–H and O–H groups in total. The molecule has 36 heavy (non-hydrogen) atoms. The quantitative estimate of drug-likeness (QED) is 0.359. The van der Waals surface area contributed by atoms with Crippen LogP contribution >= 0.6 is 0 Å². The van der Waals surface area contributed by atoms with Crippen molar-refractivity contribution in [2.24, 2.45) is 0 Å². The summed E-state index contributed by atoms with van der Waals surface area (Å²) in [6.07, 6.45) is 1.82. The normalized spacial score (nSPS) is 17.6. The number of hydrogen-bond donors (Lipinski definition) is 0. The van der Waals surface area contributed by atoms with Crippen LogP contribution in [0, 0.1) is 0 Å². The number of carbonyl (C=O) groups is 2. The van der Waals surface area contributed by atoms with Gasteiger partial charge >= 0.3 is 12.1 Å². The Morgan fingerprint density at radius 3 is 2.42 bits per heavy atom. The molecule has 194 valence electrons. The van der Waals surface area contributed by atoms with Crippen molar-refractivity contribution in [3.8, 4) is 5.75 Å². The molecule has 0 aromatic heterocycles. The maximum atomic E-state index is 13.0. The Hall–Kier alpha value is -3.32. The molecule has 1 fully saturated rings. The van der Waals surface area contributed by atoms with E-state index in [1.165, 1.54) is 7.11 Å². The molecule has 0 aliphatic carbocycles. The van der Waals surface area contributed by atoms with E-state index in [4.69, 9.17) is 18.9 Å². The van der Waals surface area contributed by atoms with Crippen molar-refractivity contribution in [1.29, 1.82) is 0 Å². The SMILES string of the molecule is C/C=C(\C(=O)OC)c1cc(C[C@H]2COC(C)(C)N2C(=O)OC(C)(C)C)ccc1OCc1ccccc1. The van der Waals surface area contributed by atoms with Crippen molar-refractivity contribution < 1.29 is 28.5 Å². The van der Waals surface area contributed by atoms with E-state index in [9.17, 15) is 9.59 Å². The van der Waals surface area contributed by atoms with E-state index in [2.05, 4.69) is 0 Å². The lowest BCUT2D eigenvalue weighted by molar-refractivity contribution is -0.133. The minimum absolute atomic E-state index is 0.231. The molecule has 2 aromatic carbocycles. The van der Waals surface area contributed by atoms with Crippen LogP contribution in [0.25, 0.3) is 5.57 Å². The molecule has 1 heterocycles. The molecule has 0 bridgehead atoms. The average molecular weight is 496 g/mol. The highest BCUT2D eigenvalue weighted by atomic mass is 16.6. The number of carbonyl (C=O) groups excluding carboxylic acids is 2. The zero-order valence-corrected chi connectivity index (χ0v) is 22.3. The lowest BCUT2D eigenvalue weighted by Crippen LogP contribution is -2.50. The van der Waals surface area contributed by atoms with Crippen molar-refractivity contribution in [1.82, 2.24) is 4.90 Å². The second kappa shape index (κ2) is 11.2. The van der Waals surface area contributed by atoms with Crippen molar-refractivity contribution in [3.05, 3.63) is 71.3 Å². The van der Waals surface area contributed by atoms with Crippen molar-refractivity contribution in [3.63, 3.8) is 0 Å². The molecule has 1 aliphatic heterocycles. The third-order valence-electron chi connectivity index (χ3n) is 5.90. The second-order valence-electron chi connectivity index (χ2n) is 10.3. The summed E-state index contributed by atoms with van der Waals surface area (Å²) in [5.41, 5.74) is 1.59. The van der Waals surface area contributed by atoms with Gasteiger partial charge in [-0.25, -0.2) is 9.59 Å². The highest BCUT2D eigenvalue weighted by Crippen LogP contribution is 2.34. The topological polar surface area (TPSA) is 74.3 Å². The van der Waals surface area contributed by atoms with E-state index in [0.29, 0.717) is 36.5 Å². The fraction of sp³-hybridized carbons (Fsp3) is 0.448. The number of hydrogen-bond acceptors (Lipinski definition) is 6. The number of benzene rings is 2. The van der Waals surface area contributed by atoms with Gasteiger partial charge in [-0.2, -0.15) is 0 Å². The van der Waals surface area contributed by atoms with Crippen LogP contribution in [0.5, 0.6) is 5.75 Å². The fourth-order valence-electron chi connectivity index (χ4n) is 4.26. The molecular weight excluding hydrogens is 458 g/mol. The lowest BCUT2D eigenvalue weighted by Gasteiger charge is -2.35. The molecule has 1 aliphatic rings. The molecule has 0 saturated carbocycles. The van der Waals surface area contributed by atoms with Crippen molar-refractivity contribution >= 4 is 17.6 Å². The van der Waals surface area contributed by atoms with Gasteiger partial charge in [0.15, 0.2) is 0 Å².